The monoisotopic (exact) mass is 359 g/mol. The van der Waals surface area contributed by atoms with Gasteiger partial charge >= 0.3 is 0 Å². The van der Waals surface area contributed by atoms with Crippen LogP contribution in [0, 0.1) is 12.8 Å². The van der Waals surface area contributed by atoms with Crippen LogP contribution in [-0.4, -0.2) is 59.9 Å². The number of piperidine rings is 2. The predicted octanol–water partition coefficient (Wildman–Crippen LogP) is 2.18. The van der Waals surface area contributed by atoms with Crippen molar-refractivity contribution in [1.29, 1.82) is 0 Å². The summed E-state index contributed by atoms with van der Waals surface area (Å²) < 4.78 is 5.35. The van der Waals surface area contributed by atoms with Crippen molar-refractivity contribution in [3.63, 3.8) is 0 Å². The van der Waals surface area contributed by atoms with Gasteiger partial charge in [-0.2, -0.15) is 0 Å². The van der Waals surface area contributed by atoms with Crippen LogP contribution in [0.2, 0.25) is 0 Å². The Kier molecular flexibility index (Phi) is 5.02. The van der Waals surface area contributed by atoms with E-state index in [1.807, 2.05) is 17.9 Å². The molecular formula is C20H29N3O3. The molecule has 1 aromatic heterocycles. The van der Waals surface area contributed by atoms with Gasteiger partial charge < -0.3 is 14.6 Å². The maximum absolute atomic E-state index is 12.6. The van der Waals surface area contributed by atoms with Crippen LogP contribution < -0.4 is 5.32 Å². The molecule has 1 N–H and O–H groups in total. The topological polar surface area (TPSA) is 65.8 Å². The largest absolute Gasteiger partial charge is 0.459 e. The minimum absolute atomic E-state index is 0.00582. The van der Waals surface area contributed by atoms with Crippen molar-refractivity contribution in [3.05, 3.63) is 23.7 Å². The van der Waals surface area contributed by atoms with Gasteiger partial charge in [0.15, 0.2) is 5.76 Å². The summed E-state index contributed by atoms with van der Waals surface area (Å²) in [5, 5.41) is 3.16. The third-order valence-corrected chi connectivity index (χ3v) is 6.07. The average Bonchev–Trinajstić information content (AvgIpc) is 3.39. The van der Waals surface area contributed by atoms with Crippen molar-refractivity contribution in [3.8, 4) is 0 Å². The first kappa shape index (κ1) is 17.6. The van der Waals surface area contributed by atoms with E-state index in [2.05, 4.69) is 10.2 Å². The van der Waals surface area contributed by atoms with Crippen LogP contribution in [0.25, 0.3) is 0 Å². The first-order chi connectivity index (χ1) is 12.6. The Bertz CT molecular complexity index is 659. The van der Waals surface area contributed by atoms with E-state index in [0.29, 0.717) is 17.8 Å². The first-order valence-electron chi connectivity index (χ1n) is 9.99. The molecule has 6 nitrogen and oxygen atoms in total. The zero-order valence-corrected chi connectivity index (χ0v) is 15.6. The van der Waals surface area contributed by atoms with Gasteiger partial charge in [0.1, 0.15) is 0 Å². The van der Waals surface area contributed by atoms with Crippen LogP contribution in [0.3, 0.4) is 0 Å². The number of rotatable bonds is 4. The van der Waals surface area contributed by atoms with E-state index in [0.717, 1.165) is 70.3 Å². The Morgan fingerprint density at radius 3 is 2.54 bits per heavy atom. The molecule has 2 saturated heterocycles. The van der Waals surface area contributed by atoms with Gasteiger partial charge in [-0.25, -0.2) is 0 Å². The molecule has 3 fully saturated rings. The van der Waals surface area contributed by atoms with Crippen LogP contribution in [0.1, 0.15) is 54.6 Å². The smallest absolute Gasteiger partial charge is 0.289 e. The third-order valence-electron chi connectivity index (χ3n) is 6.07. The van der Waals surface area contributed by atoms with Crippen LogP contribution in [0.4, 0.5) is 0 Å². The molecule has 1 atom stereocenters. The summed E-state index contributed by atoms with van der Waals surface area (Å²) in [4.78, 5) is 29.4. The number of hydrogen-bond acceptors (Lipinski definition) is 4. The molecule has 0 unspecified atom stereocenters. The van der Waals surface area contributed by atoms with E-state index < -0.39 is 0 Å². The third kappa shape index (κ3) is 3.80. The molecule has 0 aromatic carbocycles. The lowest BCUT2D eigenvalue weighted by Crippen LogP contribution is -2.51. The molecule has 0 bridgehead atoms. The second kappa shape index (κ2) is 7.43. The Hall–Kier alpha value is -1.82. The number of carbonyl (C=O) groups is 2. The summed E-state index contributed by atoms with van der Waals surface area (Å²) in [6, 6.07) is 2.76. The predicted molar refractivity (Wildman–Crippen MR) is 97.8 cm³/mol. The zero-order valence-electron chi connectivity index (χ0n) is 15.6. The highest BCUT2D eigenvalue weighted by atomic mass is 16.3. The summed E-state index contributed by atoms with van der Waals surface area (Å²) >= 11 is 0. The SMILES string of the molecule is Cc1ccoc1C(=O)N1CCC(N2CCC[C@H](C(=O)NC3CC3)C2)CC1. The average molecular weight is 359 g/mol. The maximum atomic E-state index is 12.6. The van der Waals surface area contributed by atoms with E-state index in [9.17, 15) is 9.59 Å². The van der Waals surface area contributed by atoms with E-state index in [1.165, 1.54) is 0 Å². The lowest BCUT2D eigenvalue weighted by molar-refractivity contribution is -0.127. The van der Waals surface area contributed by atoms with Gasteiger partial charge in [-0.15, -0.1) is 0 Å². The molecule has 0 radical (unpaired) electrons. The fraction of sp³-hybridized carbons (Fsp3) is 0.700. The van der Waals surface area contributed by atoms with E-state index in [-0.39, 0.29) is 17.7 Å². The molecule has 4 rings (SSSR count). The molecule has 2 aliphatic heterocycles. The molecule has 0 spiro atoms. The van der Waals surface area contributed by atoms with Gasteiger partial charge in [-0.1, -0.05) is 0 Å². The minimum Gasteiger partial charge on any atom is -0.459 e. The number of nitrogens with one attached hydrogen (secondary N) is 1. The van der Waals surface area contributed by atoms with Crippen molar-refractivity contribution in [2.75, 3.05) is 26.2 Å². The number of aryl methyl sites for hydroxylation is 1. The van der Waals surface area contributed by atoms with Crippen LogP contribution in [0.5, 0.6) is 0 Å². The Morgan fingerprint density at radius 1 is 1.12 bits per heavy atom. The second-order valence-corrected chi connectivity index (χ2v) is 8.07. The lowest BCUT2D eigenvalue weighted by atomic mass is 9.93. The van der Waals surface area contributed by atoms with Crippen LogP contribution in [-0.2, 0) is 4.79 Å². The van der Waals surface area contributed by atoms with Crippen LogP contribution >= 0.6 is 0 Å². The minimum atomic E-state index is 0.00582. The molecule has 26 heavy (non-hydrogen) atoms. The number of hydrogen-bond donors (Lipinski definition) is 1. The molecule has 3 aliphatic rings. The van der Waals surface area contributed by atoms with Crippen molar-refractivity contribution in [2.45, 2.75) is 57.5 Å². The molecule has 1 saturated carbocycles. The first-order valence-corrected chi connectivity index (χ1v) is 9.99. The van der Waals surface area contributed by atoms with Gasteiger partial charge in [0.2, 0.25) is 5.91 Å². The fourth-order valence-corrected chi connectivity index (χ4v) is 4.27. The lowest BCUT2D eigenvalue weighted by Gasteiger charge is -2.41. The van der Waals surface area contributed by atoms with Gasteiger partial charge in [0.05, 0.1) is 12.2 Å². The fourth-order valence-electron chi connectivity index (χ4n) is 4.27. The molecule has 2 amide bonds. The summed E-state index contributed by atoms with van der Waals surface area (Å²) in [6.45, 7) is 5.37. The Balaban J connectivity index is 1.29. The van der Waals surface area contributed by atoms with E-state index in [1.54, 1.807) is 6.26 Å². The van der Waals surface area contributed by atoms with Gasteiger partial charge in [0, 0.05) is 37.3 Å². The highest BCUT2D eigenvalue weighted by molar-refractivity contribution is 5.92. The normalized spacial score (nSPS) is 25.3. The standard InChI is InChI=1S/C20H29N3O3/c1-14-8-12-26-18(14)20(25)22-10-6-17(7-11-22)23-9-2-3-15(13-23)19(24)21-16-4-5-16/h8,12,15-17H,2-7,9-11,13H2,1H3,(H,21,24)/t15-/m0/s1. The van der Waals surface area contributed by atoms with Crippen LogP contribution in [0.15, 0.2) is 16.7 Å². The number of amides is 2. The summed E-state index contributed by atoms with van der Waals surface area (Å²) in [5.74, 6) is 0.859. The summed E-state index contributed by atoms with van der Waals surface area (Å²) in [6.07, 6.45) is 7.91. The maximum Gasteiger partial charge on any atom is 0.289 e. The molecule has 1 aromatic rings. The van der Waals surface area contributed by atoms with Crippen molar-refractivity contribution in [1.82, 2.24) is 15.1 Å². The zero-order chi connectivity index (χ0) is 18.1. The number of furan rings is 1. The highest BCUT2D eigenvalue weighted by Crippen LogP contribution is 2.26. The number of carbonyl (C=O) groups excluding carboxylic acids is 2. The second-order valence-electron chi connectivity index (χ2n) is 8.07. The highest BCUT2D eigenvalue weighted by Gasteiger charge is 2.34. The Morgan fingerprint density at radius 2 is 1.88 bits per heavy atom. The molecular weight excluding hydrogens is 330 g/mol. The van der Waals surface area contributed by atoms with Crippen molar-refractivity contribution < 1.29 is 14.0 Å². The van der Waals surface area contributed by atoms with Crippen molar-refractivity contribution >= 4 is 11.8 Å². The van der Waals surface area contributed by atoms with Crippen molar-refractivity contribution in [2.24, 2.45) is 5.92 Å². The Labute approximate surface area is 154 Å². The molecule has 1 aliphatic carbocycles. The molecule has 3 heterocycles. The van der Waals surface area contributed by atoms with E-state index >= 15 is 0 Å². The summed E-state index contributed by atoms with van der Waals surface area (Å²) in [7, 11) is 0. The quantitative estimate of drug-likeness (QED) is 0.895. The molecule has 142 valence electrons. The number of nitrogens with zero attached hydrogens (tertiary/aromatic N) is 2. The number of likely N-dealkylation sites (tertiary alicyclic amines) is 2. The van der Waals surface area contributed by atoms with Gasteiger partial charge in [-0.05, 0) is 58.1 Å². The summed E-state index contributed by atoms with van der Waals surface area (Å²) in [5.41, 5.74) is 0.901. The van der Waals surface area contributed by atoms with Gasteiger partial charge in [-0.3, -0.25) is 14.5 Å². The molecule has 6 heteroatoms. The van der Waals surface area contributed by atoms with Gasteiger partial charge in [0.25, 0.3) is 5.91 Å². The van der Waals surface area contributed by atoms with E-state index in [4.69, 9.17) is 4.42 Å².